The Bertz CT molecular complexity index is 544. The van der Waals surface area contributed by atoms with E-state index in [0.717, 1.165) is 6.42 Å². The molecule has 1 N–H and O–H groups in total. The van der Waals surface area contributed by atoms with Crippen LogP contribution in [0.1, 0.15) is 39.0 Å². The second kappa shape index (κ2) is 4.72. The number of aromatic nitrogens is 2. The van der Waals surface area contributed by atoms with E-state index in [1.54, 1.807) is 13.1 Å². The lowest BCUT2D eigenvalue weighted by Crippen LogP contribution is -2.33. The van der Waals surface area contributed by atoms with Gasteiger partial charge in [-0.15, -0.1) is 0 Å². The largest absolute Gasteiger partial charge is 0.354 e. The van der Waals surface area contributed by atoms with Crippen molar-refractivity contribution in [1.29, 1.82) is 0 Å². The number of aryl methyl sites for hydroxylation is 1. The van der Waals surface area contributed by atoms with E-state index >= 15 is 0 Å². The van der Waals surface area contributed by atoms with E-state index in [0.29, 0.717) is 17.4 Å². The van der Waals surface area contributed by atoms with Crippen LogP contribution in [-0.4, -0.2) is 15.7 Å². The summed E-state index contributed by atoms with van der Waals surface area (Å²) in [5, 5.41) is 0. The molecule has 0 amide bonds. The zero-order valence-electron chi connectivity index (χ0n) is 11.3. The second-order valence-corrected chi connectivity index (χ2v) is 5.49. The lowest BCUT2D eigenvalue weighted by molar-refractivity contribution is -0.0277. The monoisotopic (exact) mass is 252 g/mol. The summed E-state index contributed by atoms with van der Waals surface area (Å²) in [5.41, 5.74) is -0.200. The lowest BCUT2D eigenvalue weighted by atomic mass is 9.94. The van der Waals surface area contributed by atoms with Gasteiger partial charge in [0.05, 0.1) is 6.10 Å². The fourth-order valence-electron chi connectivity index (χ4n) is 2.62. The number of H-pyrrole nitrogens is 1. The molecule has 2 rings (SSSR count). The molecule has 0 radical (unpaired) electrons. The zero-order valence-corrected chi connectivity index (χ0v) is 11.3. The van der Waals surface area contributed by atoms with Crippen LogP contribution >= 0.6 is 0 Å². The fourth-order valence-corrected chi connectivity index (χ4v) is 2.62. The number of ether oxygens (including phenoxy) is 1. The third-order valence-corrected chi connectivity index (χ3v) is 3.56. The summed E-state index contributed by atoms with van der Waals surface area (Å²) in [7, 11) is 0. The highest BCUT2D eigenvalue weighted by Gasteiger charge is 2.35. The Morgan fingerprint density at radius 3 is 2.67 bits per heavy atom. The predicted molar refractivity (Wildman–Crippen MR) is 68.6 cm³/mol. The minimum absolute atomic E-state index is 0.161. The third kappa shape index (κ3) is 2.27. The lowest BCUT2D eigenvalue weighted by Gasteiger charge is -2.19. The summed E-state index contributed by atoms with van der Waals surface area (Å²) in [6, 6.07) is 0. The quantitative estimate of drug-likeness (QED) is 0.866. The molecule has 1 aromatic rings. The molecule has 0 spiro atoms. The summed E-state index contributed by atoms with van der Waals surface area (Å²) in [6.45, 7) is 8.05. The van der Waals surface area contributed by atoms with Gasteiger partial charge in [0.25, 0.3) is 5.56 Å². The van der Waals surface area contributed by atoms with E-state index in [-0.39, 0.29) is 17.9 Å². The van der Waals surface area contributed by atoms with E-state index in [1.165, 1.54) is 4.57 Å². The molecular weight excluding hydrogens is 232 g/mol. The number of hydrogen-bond acceptors (Lipinski definition) is 3. The molecule has 0 aliphatic carbocycles. The number of aromatic amines is 1. The van der Waals surface area contributed by atoms with Gasteiger partial charge in [0.2, 0.25) is 0 Å². The SMILES string of the molecule is Cc1cn([C@H]2C[C@H](C)[C@@H](C(C)C)O2)c(=O)[nH]c1=O. The van der Waals surface area contributed by atoms with Crippen LogP contribution in [0.25, 0.3) is 0 Å². The minimum Gasteiger partial charge on any atom is -0.354 e. The van der Waals surface area contributed by atoms with Crippen LogP contribution in [0, 0.1) is 18.8 Å². The molecule has 2 heterocycles. The molecule has 0 bridgehead atoms. The van der Waals surface area contributed by atoms with E-state index in [2.05, 4.69) is 25.8 Å². The van der Waals surface area contributed by atoms with Crippen molar-refractivity contribution in [3.8, 4) is 0 Å². The molecule has 0 saturated carbocycles. The van der Waals surface area contributed by atoms with Gasteiger partial charge in [0, 0.05) is 11.8 Å². The Morgan fingerprint density at radius 2 is 2.11 bits per heavy atom. The van der Waals surface area contributed by atoms with Crippen LogP contribution < -0.4 is 11.2 Å². The highest BCUT2D eigenvalue weighted by atomic mass is 16.5. The molecule has 3 atom stereocenters. The van der Waals surface area contributed by atoms with Crippen molar-refractivity contribution in [2.45, 2.75) is 46.4 Å². The first-order valence-electron chi connectivity index (χ1n) is 6.37. The summed E-state index contributed by atoms with van der Waals surface area (Å²) in [4.78, 5) is 25.4. The topological polar surface area (TPSA) is 64.1 Å². The van der Waals surface area contributed by atoms with Gasteiger partial charge in [-0.25, -0.2) is 4.79 Å². The van der Waals surface area contributed by atoms with Gasteiger partial charge in [-0.1, -0.05) is 20.8 Å². The molecule has 100 valence electrons. The molecule has 5 nitrogen and oxygen atoms in total. The van der Waals surface area contributed by atoms with Crippen molar-refractivity contribution < 1.29 is 4.74 Å². The fraction of sp³-hybridized carbons (Fsp3) is 0.692. The van der Waals surface area contributed by atoms with E-state index in [4.69, 9.17) is 4.74 Å². The van der Waals surface area contributed by atoms with E-state index in [9.17, 15) is 9.59 Å². The Morgan fingerprint density at radius 1 is 1.44 bits per heavy atom. The maximum Gasteiger partial charge on any atom is 0.330 e. The van der Waals surface area contributed by atoms with Crippen molar-refractivity contribution in [3.05, 3.63) is 32.6 Å². The van der Waals surface area contributed by atoms with E-state index in [1.807, 2.05) is 0 Å². The Labute approximate surface area is 106 Å². The first kappa shape index (κ1) is 13.1. The zero-order chi connectivity index (χ0) is 13.4. The maximum atomic E-state index is 11.8. The summed E-state index contributed by atoms with van der Waals surface area (Å²) in [5.74, 6) is 0.832. The minimum atomic E-state index is -0.396. The average Bonchev–Trinajstić information content (AvgIpc) is 2.65. The van der Waals surface area contributed by atoms with Crippen LogP contribution in [0.5, 0.6) is 0 Å². The van der Waals surface area contributed by atoms with Crippen molar-refractivity contribution in [3.63, 3.8) is 0 Å². The van der Waals surface area contributed by atoms with Gasteiger partial charge in [-0.05, 0) is 25.2 Å². The average molecular weight is 252 g/mol. The molecule has 0 unspecified atom stereocenters. The predicted octanol–water partition coefficient (Wildman–Crippen LogP) is 1.42. The molecular formula is C13H20N2O3. The smallest absolute Gasteiger partial charge is 0.330 e. The number of nitrogens with zero attached hydrogens (tertiary/aromatic N) is 1. The molecule has 1 fully saturated rings. The van der Waals surface area contributed by atoms with Crippen molar-refractivity contribution in [1.82, 2.24) is 9.55 Å². The molecule has 1 aromatic heterocycles. The van der Waals surface area contributed by atoms with Crippen LogP contribution in [0.4, 0.5) is 0 Å². The molecule has 0 aromatic carbocycles. The van der Waals surface area contributed by atoms with Crippen LogP contribution in [0.2, 0.25) is 0 Å². The first-order valence-corrected chi connectivity index (χ1v) is 6.37. The molecule has 5 heteroatoms. The molecule has 1 aliphatic rings. The van der Waals surface area contributed by atoms with Crippen molar-refractivity contribution >= 4 is 0 Å². The maximum absolute atomic E-state index is 11.8. The van der Waals surface area contributed by atoms with Gasteiger partial charge in [-0.3, -0.25) is 14.3 Å². The standard InChI is InChI=1S/C13H20N2O3/c1-7(2)11-8(3)5-10(18-11)15-6-9(4)12(16)14-13(15)17/h6-8,10-11H,5H2,1-4H3,(H,14,16,17)/t8-,10+,11+/m0/s1. The van der Waals surface area contributed by atoms with E-state index < -0.39 is 5.69 Å². The highest BCUT2D eigenvalue weighted by molar-refractivity contribution is 5.01. The Hall–Kier alpha value is -1.36. The van der Waals surface area contributed by atoms with Gasteiger partial charge < -0.3 is 4.74 Å². The van der Waals surface area contributed by atoms with Gasteiger partial charge in [0.15, 0.2) is 0 Å². The van der Waals surface area contributed by atoms with Crippen LogP contribution in [0.3, 0.4) is 0 Å². The summed E-state index contributed by atoms with van der Waals surface area (Å²) in [6.07, 6.45) is 2.28. The molecule has 1 aliphatic heterocycles. The van der Waals surface area contributed by atoms with Gasteiger partial charge in [-0.2, -0.15) is 0 Å². The normalized spacial score (nSPS) is 27.9. The van der Waals surface area contributed by atoms with Gasteiger partial charge >= 0.3 is 5.69 Å². The number of hydrogen-bond donors (Lipinski definition) is 1. The summed E-state index contributed by atoms with van der Waals surface area (Å²) >= 11 is 0. The number of nitrogens with one attached hydrogen (secondary N) is 1. The Balaban J connectivity index is 2.32. The number of rotatable bonds is 2. The van der Waals surface area contributed by atoms with Crippen LogP contribution in [0.15, 0.2) is 15.8 Å². The third-order valence-electron chi connectivity index (χ3n) is 3.56. The second-order valence-electron chi connectivity index (χ2n) is 5.49. The van der Waals surface area contributed by atoms with Crippen molar-refractivity contribution in [2.24, 2.45) is 11.8 Å². The van der Waals surface area contributed by atoms with Crippen LogP contribution in [-0.2, 0) is 4.74 Å². The van der Waals surface area contributed by atoms with Gasteiger partial charge in [0.1, 0.15) is 6.23 Å². The highest BCUT2D eigenvalue weighted by Crippen LogP contribution is 2.35. The summed E-state index contributed by atoms with van der Waals surface area (Å²) < 4.78 is 7.43. The molecule has 18 heavy (non-hydrogen) atoms. The Kier molecular flexibility index (Phi) is 3.43. The molecule has 1 saturated heterocycles. The van der Waals surface area contributed by atoms with Crippen molar-refractivity contribution in [2.75, 3.05) is 0 Å². The first-order chi connectivity index (χ1) is 8.40.